The van der Waals surface area contributed by atoms with Gasteiger partial charge in [-0.2, -0.15) is 0 Å². The number of carbonyl (C=O) groups excluding carboxylic acids is 1. The van der Waals surface area contributed by atoms with Crippen LogP contribution in [-0.4, -0.2) is 31.3 Å². The molecule has 0 spiro atoms. The molecule has 2 aromatic rings. The lowest BCUT2D eigenvalue weighted by Crippen LogP contribution is -2.25. The summed E-state index contributed by atoms with van der Waals surface area (Å²) in [6.45, 7) is 0.244. The van der Waals surface area contributed by atoms with Gasteiger partial charge in [-0.05, 0) is 24.3 Å². The van der Waals surface area contributed by atoms with Crippen LogP contribution in [0.25, 0.3) is 0 Å². The maximum atomic E-state index is 11.5. The van der Waals surface area contributed by atoms with E-state index in [9.17, 15) is 13.2 Å². The van der Waals surface area contributed by atoms with Crippen LogP contribution in [0.3, 0.4) is 0 Å². The maximum absolute atomic E-state index is 11.5. The molecule has 0 aliphatic rings. The van der Waals surface area contributed by atoms with Gasteiger partial charge in [-0.15, -0.1) is 0 Å². The maximum Gasteiger partial charge on any atom is 0.221 e. The Hall–Kier alpha value is -2.41. The molecule has 1 N–H and O–H groups in total. The van der Waals surface area contributed by atoms with Crippen LogP contribution in [0.4, 0.5) is 0 Å². The van der Waals surface area contributed by atoms with Gasteiger partial charge in [0.05, 0.1) is 24.2 Å². The highest BCUT2D eigenvalue weighted by molar-refractivity contribution is 7.90. The molecule has 122 valence electrons. The van der Waals surface area contributed by atoms with Crippen LogP contribution in [0.15, 0.2) is 48.7 Å². The van der Waals surface area contributed by atoms with Crippen molar-refractivity contribution in [3.05, 3.63) is 54.4 Å². The lowest BCUT2D eigenvalue weighted by atomic mass is 10.3. The van der Waals surface area contributed by atoms with Crippen LogP contribution in [0.1, 0.15) is 12.1 Å². The van der Waals surface area contributed by atoms with E-state index in [1.165, 1.54) is 0 Å². The van der Waals surface area contributed by atoms with Crippen molar-refractivity contribution < 1.29 is 17.9 Å². The summed E-state index contributed by atoms with van der Waals surface area (Å²) in [5.74, 6) is 0.845. The minimum absolute atomic E-state index is 0.0476. The van der Waals surface area contributed by atoms with Gasteiger partial charge < -0.3 is 10.1 Å². The fraction of sp³-hybridized carbons (Fsp3) is 0.250. The molecular formula is C16H18N2O4S. The highest BCUT2D eigenvalue weighted by Gasteiger charge is 2.08. The molecule has 1 heterocycles. The van der Waals surface area contributed by atoms with Crippen LogP contribution >= 0.6 is 0 Å². The molecule has 1 aromatic carbocycles. The van der Waals surface area contributed by atoms with Crippen LogP contribution < -0.4 is 10.1 Å². The zero-order valence-corrected chi connectivity index (χ0v) is 13.5. The minimum atomic E-state index is -3.13. The zero-order chi connectivity index (χ0) is 16.7. The van der Waals surface area contributed by atoms with Gasteiger partial charge in [0.15, 0.2) is 0 Å². The smallest absolute Gasteiger partial charge is 0.221 e. The van der Waals surface area contributed by atoms with Gasteiger partial charge in [-0.1, -0.05) is 18.2 Å². The zero-order valence-electron chi connectivity index (χ0n) is 12.7. The molecule has 0 aliphatic carbocycles. The third kappa shape index (κ3) is 6.48. The Kier molecular flexibility index (Phi) is 5.70. The van der Waals surface area contributed by atoms with E-state index in [1.807, 2.05) is 30.3 Å². The normalized spacial score (nSPS) is 11.0. The molecule has 0 aliphatic heterocycles. The molecule has 23 heavy (non-hydrogen) atoms. The largest absolute Gasteiger partial charge is 0.456 e. The summed E-state index contributed by atoms with van der Waals surface area (Å²) in [6, 6.07) is 12.9. The standard InChI is InChI=1S/C16H18N2O4S/c1-23(20,21)10-9-16(19)18-11-13-7-8-15(12-17-13)22-14-5-3-2-4-6-14/h2-8,12H,9-11H2,1H3,(H,18,19). The van der Waals surface area contributed by atoms with Crippen molar-refractivity contribution >= 4 is 15.7 Å². The molecule has 0 atom stereocenters. The number of benzene rings is 1. The number of rotatable bonds is 7. The second-order valence-electron chi connectivity index (χ2n) is 5.06. The predicted octanol–water partition coefficient (Wildman–Crippen LogP) is 1.92. The second kappa shape index (κ2) is 7.73. The molecule has 0 saturated heterocycles. The summed E-state index contributed by atoms with van der Waals surface area (Å²) in [6.07, 6.45) is 2.63. The van der Waals surface area contributed by atoms with Crippen molar-refractivity contribution in [1.29, 1.82) is 0 Å². The lowest BCUT2D eigenvalue weighted by Gasteiger charge is -2.07. The number of nitrogens with one attached hydrogen (secondary N) is 1. The number of hydrogen-bond acceptors (Lipinski definition) is 5. The van der Waals surface area contributed by atoms with Crippen molar-refractivity contribution in [2.24, 2.45) is 0 Å². The van der Waals surface area contributed by atoms with E-state index in [1.54, 1.807) is 18.3 Å². The number of aromatic nitrogens is 1. The highest BCUT2D eigenvalue weighted by atomic mass is 32.2. The van der Waals surface area contributed by atoms with E-state index in [4.69, 9.17) is 4.74 Å². The Balaban J connectivity index is 1.82. The third-order valence-corrected chi connectivity index (χ3v) is 3.89. The fourth-order valence-electron chi connectivity index (χ4n) is 1.76. The molecule has 6 nitrogen and oxygen atoms in total. The summed E-state index contributed by atoms with van der Waals surface area (Å²) in [7, 11) is -3.13. The fourth-order valence-corrected chi connectivity index (χ4v) is 2.31. The van der Waals surface area contributed by atoms with Crippen LogP contribution in [0, 0.1) is 0 Å². The first-order valence-corrected chi connectivity index (χ1v) is 9.11. The van der Waals surface area contributed by atoms with Gasteiger partial charge in [0.25, 0.3) is 0 Å². The molecule has 0 radical (unpaired) electrons. The molecular weight excluding hydrogens is 316 g/mol. The SMILES string of the molecule is CS(=O)(=O)CCC(=O)NCc1ccc(Oc2ccccc2)cn1. The second-order valence-corrected chi connectivity index (χ2v) is 7.32. The number of hydrogen-bond donors (Lipinski definition) is 1. The Labute approximate surface area is 135 Å². The number of pyridine rings is 1. The van der Waals surface area contributed by atoms with E-state index in [-0.39, 0.29) is 24.6 Å². The third-order valence-electron chi connectivity index (χ3n) is 2.94. The number of carbonyl (C=O) groups is 1. The van der Waals surface area contributed by atoms with E-state index >= 15 is 0 Å². The van der Waals surface area contributed by atoms with Crippen LogP contribution in [-0.2, 0) is 21.2 Å². The first-order chi connectivity index (χ1) is 10.9. The summed E-state index contributed by atoms with van der Waals surface area (Å²) in [5, 5.41) is 2.63. The van der Waals surface area contributed by atoms with E-state index < -0.39 is 9.84 Å². The van der Waals surface area contributed by atoms with Gasteiger partial charge >= 0.3 is 0 Å². The van der Waals surface area contributed by atoms with Crippen molar-refractivity contribution in [3.63, 3.8) is 0 Å². The summed E-state index contributed by atoms with van der Waals surface area (Å²) in [4.78, 5) is 15.7. The average Bonchev–Trinajstić information content (AvgIpc) is 2.52. The van der Waals surface area contributed by atoms with Gasteiger partial charge in [0, 0.05) is 12.7 Å². The summed E-state index contributed by atoms with van der Waals surface area (Å²) in [5.41, 5.74) is 0.665. The first kappa shape index (κ1) is 17.0. The van der Waals surface area contributed by atoms with Gasteiger partial charge in [0.2, 0.25) is 5.91 Å². The van der Waals surface area contributed by atoms with Crippen molar-refractivity contribution in [2.75, 3.05) is 12.0 Å². The van der Waals surface area contributed by atoms with Crippen LogP contribution in [0.2, 0.25) is 0 Å². The monoisotopic (exact) mass is 334 g/mol. The first-order valence-electron chi connectivity index (χ1n) is 7.05. The number of sulfone groups is 1. The molecule has 1 amide bonds. The number of para-hydroxylation sites is 1. The number of nitrogens with zero attached hydrogens (tertiary/aromatic N) is 1. The topological polar surface area (TPSA) is 85.4 Å². The summed E-state index contributed by atoms with van der Waals surface area (Å²) >= 11 is 0. The van der Waals surface area contributed by atoms with Crippen molar-refractivity contribution in [3.8, 4) is 11.5 Å². The molecule has 0 unspecified atom stereocenters. The number of amides is 1. The Morgan fingerprint density at radius 1 is 1.13 bits per heavy atom. The predicted molar refractivity (Wildman–Crippen MR) is 86.9 cm³/mol. The van der Waals surface area contributed by atoms with Crippen LogP contribution in [0.5, 0.6) is 11.5 Å². The highest BCUT2D eigenvalue weighted by Crippen LogP contribution is 2.19. The molecule has 0 bridgehead atoms. The quantitative estimate of drug-likeness (QED) is 0.836. The van der Waals surface area contributed by atoms with E-state index in [0.29, 0.717) is 11.4 Å². The molecule has 2 rings (SSSR count). The van der Waals surface area contributed by atoms with Crippen molar-refractivity contribution in [1.82, 2.24) is 10.3 Å². The Bertz CT molecular complexity index is 743. The Morgan fingerprint density at radius 3 is 2.48 bits per heavy atom. The Morgan fingerprint density at radius 2 is 1.87 bits per heavy atom. The van der Waals surface area contributed by atoms with E-state index in [2.05, 4.69) is 10.3 Å². The van der Waals surface area contributed by atoms with Gasteiger partial charge in [-0.3, -0.25) is 9.78 Å². The number of ether oxygens (including phenoxy) is 1. The minimum Gasteiger partial charge on any atom is -0.456 e. The molecule has 0 saturated carbocycles. The van der Waals surface area contributed by atoms with Gasteiger partial charge in [-0.25, -0.2) is 8.42 Å². The lowest BCUT2D eigenvalue weighted by molar-refractivity contribution is -0.120. The van der Waals surface area contributed by atoms with Crippen molar-refractivity contribution in [2.45, 2.75) is 13.0 Å². The van der Waals surface area contributed by atoms with Gasteiger partial charge in [0.1, 0.15) is 21.3 Å². The summed E-state index contributed by atoms with van der Waals surface area (Å²) < 4.78 is 27.6. The molecule has 0 fully saturated rings. The molecule has 7 heteroatoms. The molecule has 1 aromatic heterocycles. The average molecular weight is 334 g/mol. The van der Waals surface area contributed by atoms with E-state index in [0.717, 1.165) is 12.0 Å².